The highest BCUT2D eigenvalue weighted by Crippen LogP contribution is 2.35. The molecule has 0 atom stereocenters. The van der Waals surface area contributed by atoms with Crippen LogP contribution < -0.4 is 0 Å². The zero-order chi connectivity index (χ0) is 8.67. The van der Waals surface area contributed by atoms with E-state index in [0.29, 0.717) is 0 Å². The third-order valence-electron chi connectivity index (χ3n) is 2.09. The Morgan fingerprint density at radius 1 is 0.923 bits per heavy atom. The molecule has 13 heavy (non-hydrogen) atoms. The maximum atomic E-state index is 2.20. The smallest absolute Gasteiger partial charge is 0.130 e. The monoisotopic (exact) mass is 203 g/mol. The van der Waals surface area contributed by atoms with Crippen LogP contribution in [0.15, 0.2) is 41.8 Å². The number of fused-ring (bicyclic) bond motifs is 3. The van der Waals surface area contributed by atoms with Crippen LogP contribution in [0.3, 0.4) is 0 Å². The lowest BCUT2D eigenvalue weighted by Gasteiger charge is -1.81. The van der Waals surface area contributed by atoms with E-state index in [1.54, 1.807) is 0 Å². The molecular weight excluding hydrogens is 196 g/mol. The molecule has 3 rings (SSSR count). The molecule has 0 saturated heterocycles. The first kappa shape index (κ1) is 7.42. The van der Waals surface area contributed by atoms with Crippen LogP contribution in [0, 0.1) is 0 Å². The summed E-state index contributed by atoms with van der Waals surface area (Å²) in [7, 11) is 0. The molecule has 0 fully saturated rings. The van der Waals surface area contributed by atoms with Gasteiger partial charge in [0.2, 0.25) is 11.3 Å². The quantitative estimate of drug-likeness (QED) is 0.475. The van der Waals surface area contributed by atoms with Crippen molar-refractivity contribution in [2.75, 3.05) is 0 Å². The third-order valence-corrected chi connectivity index (χ3v) is 4.32. The van der Waals surface area contributed by atoms with Crippen LogP contribution in [0.5, 0.6) is 0 Å². The first-order chi connectivity index (χ1) is 6.45. The van der Waals surface area contributed by atoms with Crippen LogP contribution in [0.4, 0.5) is 0 Å². The molecule has 0 radical (unpaired) electrons. The molecule has 0 bridgehead atoms. The van der Waals surface area contributed by atoms with E-state index in [4.69, 9.17) is 0 Å². The minimum atomic E-state index is 1.39. The lowest BCUT2D eigenvalue weighted by molar-refractivity contribution is 1.87. The topological polar surface area (TPSA) is 0 Å². The second-order valence-electron chi connectivity index (χ2n) is 2.90. The van der Waals surface area contributed by atoms with Crippen molar-refractivity contribution in [1.82, 2.24) is 0 Å². The minimum absolute atomic E-state index is 1.39. The SMILES string of the molecule is c1ccc2c(c1)sc1ccc[s+]c12. The van der Waals surface area contributed by atoms with E-state index in [2.05, 4.69) is 41.8 Å². The van der Waals surface area contributed by atoms with Crippen LogP contribution in [0.1, 0.15) is 0 Å². The third kappa shape index (κ3) is 1.06. The van der Waals surface area contributed by atoms with Gasteiger partial charge in [-0.3, -0.25) is 0 Å². The molecule has 0 spiro atoms. The lowest BCUT2D eigenvalue weighted by atomic mass is 10.2. The van der Waals surface area contributed by atoms with E-state index >= 15 is 0 Å². The fraction of sp³-hybridized carbons (Fsp3) is 0. The normalized spacial score (nSPS) is 11.1. The van der Waals surface area contributed by atoms with E-state index in [0.717, 1.165) is 0 Å². The second-order valence-corrected chi connectivity index (χ2v) is 4.90. The molecule has 62 valence electrons. The molecule has 0 nitrogen and oxygen atoms in total. The van der Waals surface area contributed by atoms with Gasteiger partial charge in [-0.15, -0.1) is 11.3 Å². The maximum Gasteiger partial charge on any atom is 0.256 e. The van der Waals surface area contributed by atoms with E-state index in [1.807, 2.05) is 22.7 Å². The van der Waals surface area contributed by atoms with Gasteiger partial charge in [-0.05, 0) is 24.3 Å². The molecule has 0 unspecified atom stereocenters. The highest BCUT2D eigenvalue weighted by molar-refractivity contribution is 7.31. The lowest BCUT2D eigenvalue weighted by Crippen LogP contribution is -1.60. The van der Waals surface area contributed by atoms with Gasteiger partial charge in [-0.1, -0.05) is 12.1 Å². The highest BCUT2D eigenvalue weighted by atomic mass is 32.1. The molecule has 0 aliphatic rings. The summed E-state index contributed by atoms with van der Waals surface area (Å²) in [6.45, 7) is 0. The maximum absolute atomic E-state index is 2.20. The van der Waals surface area contributed by atoms with Crippen LogP contribution in [-0.2, 0) is 0 Å². The Hall–Kier alpha value is -0.990. The Kier molecular flexibility index (Phi) is 1.57. The van der Waals surface area contributed by atoms with E-state index in [9.17, 15) is 0 Å². The number of rotatable bonds is 0. The van der Waals surface area contributed by atoms with Gasteiger partial charge in [0.15, 0.2) is 5.38 Å². The Morgan fingerprint density at radius 3 is 2.77 bits per heavy atom. The summed E-state index contributed by atoms with van der Waals surface area (Å²) in [5, 5.41) is 3.54. The second kappa shape index (κ2) is 2.76. The van der Waals surface area contributed by atoms with Gasteiger partial charge in [-0.25, -0.2) is 0 Å². The van der Waals surface area contributed by atoms with Crippen LogP contribution in [-0.4, -0.2) is 0 Å². The zero-order valence-electron chi connectivity index (χ0n) is 6.86. The van der Waals surface area contributed by atoms with Gasteiger partial charge >= 0.3 is 0 Å². The van der Waals surface area contributed by atoms with Crippen molar-refractivity contribution in [3.05, 3.63) is 41.8 Å². The number of benzene rings is 1. The average Bonchev–Trinajstić information content (AvgIpc) is 2.56. The van der Waals surface area contributed by atoms with Gasteiger partial charge < -0.3 is 0 Å². The molecule has 0 N–H and O–H groups in total. The van der Waals surface area contributed by atoms with Crippen LogP contribution >= 0.6 is 22.7 Å². The molecule has 2 heteroatoms. The fourth-order valence-electron chi connectivity index (χ4n) is 1.51. The molecular formula is C11H7S2+. The first-order valence-corrected chi connectivity index (χ1v) is 5.83. The molecule has 1 aromatic carbocycles. The van der Waals surface area contributed by atoms with Crippen LogP contribution in [0.25, 0.3) is 19.5 Å². The zero-order valence-corrected chi connectivity index (χ0v) is 8.49. The summed E-state index contributed by atoms with van der Waals surface area (Å²) in [5.74, 6) is 0. The molecule has 0 amide bonds. The Bertz CT molecular complexity index is 516. The molecule has 0 aliphatic heterocycles. The summed E-state index contributed by atoms with van der Waals surface area (Å²) in [5.41, 5.74) is 0. The van der Waals surface area contributed by atoms with Crippen molar-refractivity contribution < 1.29 is 0 Å². The minimum Gasteiger partial charge on any atom is -0.130 e. The van der Waals surface area contributed by atoms with Gasteiger partial charge in [0.05, 0.1) is 10.1 Å². The van der Waals surface area contributed by atoms with E-state index in [1.165, 1.54) is 19.5 Å². The molecule has 3 aromatic rings. The first-order valence-electron chi connectivity index (χ1n) is 4.13. The van der Waals surface area contributed by atoms with Crippen LogP contribution in [0.2, 0.25) is 0 Å². The van der Waals surface area contributed by atoms with Gasteiger partial charge in [0, 0.05) is 4.70 Å². The van der Waals surface area contributed by atoms with E-state index < -0.39 is 0 Å². The number of hydrogen-bond donors (Lipinski definition) is 0. The molecule has 0 saturated carbocycles. The van der Waals surface area contributed by atoms with Crippen molar-refractivity contribution in [3.8, 4) is 0 Å². The Morgan fingerprint density at radius 2 is 1.77 bits per heavy atom. The summed E-state index contributed by atoms with van der Waals surface area (Å²) in [6, 6.07) is 12.9. The average molecular weight is 203 g/mol. The van der Waals surface area contributed by atoms with Crippen molar-refractivity contribution >= 4 is 42.2 Å². The fourth-order valence-corrected chi connectivity index (χ4v) is 3.64. The summed E-state index contributed by atoms with van der Waals surface area (Å²) in [6.07, 6.45) is 0. The Labute approximate surface area is 84.1 Å². The van der Waals surface area contributed by atoms with Crippen molar-refractivity contribution in [3.63, 3.8) is 0 Å². The summed E-state index contributed by atoms with van der Waals surface area (Å²) in [4.78, 5) is 0. The standard InChI is InChI=1S/C11H7S2/c1-2-5-9-8(4-1)11-10(13-9)6-3-7-12-11/h1-7H/q+1. The summed E-state index contributed by atoms with van der Waals surface area (Å²) >= 11 is 3.70. The number of hydrogen-bond acceptors (Lipinski definition) is 1. The molecule has 2 heterocycles. The van der Waals surface area contributed by atoms with Crippen molar-refractivity contribution in [2.24, 2.45) is 0 Å². The highest BCUT2D eigenvalue weighted by Gasteiger charge is 2.11. The van der Waals surface area contributed by atoms with E-state index in [-0.39, 0.29) is 0 Å². The predicted octanol–water partition coefficient (Wildman–Crippen LogP) is 4.40. The molecule has 0 aliphatic carbocycles. The number of thiophene rings is 1. The Balaban J connectivity index is 2.64. The molecule has 2 aromatic heterocycles. The summed E-state index contributed by atoms with van der Waals surface area (Å²) < 4.78 is 4.21. The largest absolute Gasteiger partial charge is 0.256 e. The predicted molar refractivity (Wildman–Crippen MR) is 61.6 cm³/mol. The van der Waals surface area contributed by atoms with Crippen molar-refractivity contribution in [2.45, 2.75) is 0 Å². The van der Waals surface area contributed by atoms with Crippen molar-refractivity contribution in [1.29, 1.82) is 0 Å². The van der Waals surface area contributed by atoms with Gasteiger partial charge in [0.25, 0.3) is 4.70 Å². The van der Waals surface area contributed by atoms with Gasteiger partial charge in [-0.2, -0.15) is 0 Å². The van der Waals surface area contributed by atoms with Gasteiger partial charge in [0.1, 0.15) is 0 Å².